The van der Waals surface area contributed by atoms with Crippen molar-refractivity contribution in [2.75, 3.05) is 6.61 Å². The molecule has 0 saturated heterocycles. The Morgan fingerprint density at radius 2 is 2.40 bits per heavy atom. The van der Waals surface area contributed by atoms with E-state index in [0.29, 0.717) is 17.9 Å². The number of esters is 1. The summed E-state index contributed by atoms with van der Waals surface area (Å²) < 4.78 is 5.04. The van der Waals surface area contributed by atoms with Gasteiger partial charge in [0.2, 0.25) is 0 Å². The first-order valence-electron chi connectivity index (χ1n) is 5.54. The van der Waals surface area contributed by atoms with Crippen molar-refractivity contribution < 1.29 is 9.53 Å². The van der Waals surface area contributed by atoms with Crippen molar-refractivity contribution in [2.24, 2.45) is 17.3 Å². The van der Waals surface area contributed by atoms with E-state index in [9.17, 15) is 4.79 Å². The molecule has 2 atom stereocenters. The molecule has 2 unspecified atom stereocenters. The summed E-state index contributed by atoms with van der Waals surface area (Å²) in [5.41, 5.74) is 1.29. The number of fused-ring (bicyclic) bond motifs is 1. The molecule has 82 valence electrons. The minimum Gasteiger partial charge on any atom is -0.458 e. The fourth-order valence-electron chi connectivity index (χ4n) is 2.71. The lowest BCUT2D eigenvalue weighted by atomic mass is 10.00. The Kier molecular flexibility index (Phi) is 2.45. The lowest BCUT2D eigenvalue weighted by molar-refractivity contribution is -0.138. The molecule has 2 rings (SSSR count). The highest BCUT2D eigenvalue weighted by molar-refractivity contribution is 5.88. The van der Waals surface area contributed by atoms with E-state index in [4.69, 9.17) is 4.74 Å². The number of allylic oxidation sites excluding steroid dienone is 1. The summed E-state index contributed by atoms with van der Waals surface area (Å²) >= 11 is 0. The first-order valence-corrected chi connectivity index (χ1v) is 5.54. The molecule has 0 bridgehead atoms. The molecule has 1 fully saturated rings. The number of carbonyl (C=O) groups excluding carboxylic acids is 1. The summed E-state index contributed by atoms with van der Waals surface area (Å²) in [7, 11) is 0. The summed E-state index contributed by atoms with van der Waals surface area (Å²) in [6, 6.07) is 0. The lowest BCUT2D eigenvalue weighted by Crippen LogP contribution is -2.11. The van der Waals surface area contributed by atoms with Crippen LogP contribution in [-0.2, 0) is 9.53 Å². The van der Waals surface area contributed by atoms with E-state index in [1.54, 1.807) is 6.08 Å². The van der Waals surface area contributed by atoms with Crippen molar-refractivity contribution in [1.82, 2.24) is 0 Å². The van der Waals surface area contributed by atoms with Crippen LogP contribution >= 0.6 is 0 Å². The first-order chi connectivity index (χ1) is 7.07. The molecule has 0 aliphatic heterocycles. The van der Waals surface area contributed by atoms with Gasteiger partial charge in [-0.05, 0) is 30.1 Å². The number of rotatable bonds is 3. The highest BCUT2D eigenvalue weighted by Crippen LogP contribution is 2.64. The smallest absolute Gasteiger partial charge is 0.333 e. The van der Waals surface area contributed by atoms with Crippen LogP contribution in [0.15, 0.2) is 24.3 Å². The molecule has 1 saturated carbocycles. The quantitative estimate of drug-likeness (QED) is 0.524. The normalized spacial score (nSPS) is 31.2. The molecule has 0 aromatic heterocycles. The van der Waals surface area contributed by atoms with Crippen molar-refractivity contribution in [3.63, 3.8) is 0 Å². The summed E-state index contributed by atoms with van der Waals surface area (Å²) in [5.74, 6) is 1.32. The molecular formula is C13H18O2. The molecule has 2 heteroatoms. The van der Waals surface area contributed by atoms with E-state index < -0.39 is 0 Å². The largest absolute Gasteiger partial charge is 0.458 e. The summed E-state index contributed by atoms with van der Waals surface area (Å²) in [6.45, 7) is 8.41. The standard InChI is InChI=1S/C13H18O2/c1-4-7-15-12(14)9-5-6-10-11(8-9)13(10,2)3/h4-5,10-11H,1,6-8H2,2-3H3. The van der Waals surface area contributed by atoms with Gasteiger partial charge in [0.15, 0.2) is 0 Å². The van der Waals surface area contributed by atoms with Crippen molar-refractivity contribution in [3.05, 3.63) is 24.3 Å². The Balaban J connectivity index is 1.94. The third-order valence-corrected chi connectivity index (χ3v) is 3.94. The second kappa shape index (κ2) is 3.51. The van der Waals surface area contributed by atoms with Crippen LogP contribution in [0.3, 0.4) is 0 Å². The van der Waals surface area contributed by atoms with Gasteiger partial charge in [-0.25, -0.2) is 4.79 Å². The van der Waals surface area contributed by atoms with Gasteiger partial charge < -0.3 is 4.74 Å². The van der Waals surface area contributed by atoms with Crippen LogP contribution in [0, 0.1) is 17.3 Å². The van der Waals surface area contributed by atoms with Crippen LogP contribution in [0.2, 0.25) is 0 Å². The van der Waals surface area contributed by atoms with E-state index in [2.05, 4.69) is 26.5 Å². The Morgan fingerprint density at radius 3 is 3.00 bits per heavy atom. The Morgan fingerprint density at radius 1 is 1.67 bits per heavy atom. The van der Waals surface area contributed by atoms with Crippen molar-refractivity contribution in [1.29, 1.82) is 0 Å². The zero-order chi connectivity index (χ0) is 11.1. The summed E-state index contributed by atoms with van der Waals surface area (Å²) in [6.07, 6.45) is 5.59. The average Bonchev–Trinajstić information content (AvgIpc) is 2.78. The number of carbonyl (C=O) groups is 1. The predicted molar refractivity (Wildman–Crippen MR) is 59.2 cm³/mol. The zero-order valence-corrected chi connectivity index (χ0v) is 9.45. The van der Waals surface area contributed by atoms with Gasteiger partial charge in [-0.1, -0.05) is 32.6 Å². The van der Waals surface area contributed by atoms with E-state index in [0.717, 1.165) is 24.3 Å². The van der Waals surface area contributed by atoms with Gasteiger partial charge in [0.05, 0.1) is 0 Å². The van der Waals surface area contributed by atoms with Gasteiger partial charge in [0.1, 0.15) is 6.61 Å². The van der Waals surface area contributed by atoms with Crippen molar-refractivity contribution in [3.8, 4) is 0 Å². The number of hydrogen-bond acceptors (Lipinski definition) is 2. The van der Waals surface area contributed by atoms with Gasteiger partial charge in [0.25, 0.3) is 0 Å². The van der Waals surface area contributed by atoms with E-state index in [1.807, 2.05) is 0 Å². The molecule has 2 aliphatic carbocycles. The number of hydrogen-bond donors (Lipinski definition) is 0. The molecule has 0 radical (unpaired) electrons. The van der Waals surface area contributed by atoms with Gasteiger partial charge in [-0.2, -0.15) is 0 Å². The first kappa shape index (κ1) is 10.5. The molecular weight excluding hydrogens is 188 g/mol. The van der Waals surface area contributed by atoms with Gasteiger partial charge in [0, 0.05) is 5.57 Å². The molecule has 0 amide bonds. The minimum atomic E-state index is -0.156. The fourth-order valence-corrected chi connectivity index (χ4v) is 2.71. The van der Waals surface area contributed by atoms with Crippen LogP contribution in [-0.4, -0.2) is 12.6 Å². The zero-order valence-electron chi connectivity index (χ0n) is 9.45. The van der Waals surface area contributed by atoms with Crippen molar-refractivity contribution >= 4 is 5.97 Å². The molecule has 0 N–H and O–H groups in total. The maximum absolute atomic E-state index is 11.6. The molecule has 0 heterocycles. The molecule has 15 heavy (non-hydrogen) atoms. The molecule has 2 aliphatic rings. The SMILES string of the molecule is C=CCOC(=O)C1=CCC2C(C1)C2(C)C. The fraction of sp³-hybridized carbons (Fsp3) is 0.615. The molecule has 0 spiro atoms. The highest BCUT2D eigenvalue weighted by atomic mass is 16.5. The predicted octanol–water partition coefficient (Wildman–Crippen LogP) is 2.71. The maximum Gasteiger partial charge on any atom is 0.333 e. The van der Waals surface area contributed by atoms with Crippen LogP contribution in [0.4, 0.5) is 0 Å². The van der Waals surface area contributed by atoms with Crippen LogP contribution in [0.25, 0.3) is 0 Å². The van der Waals surface area contributed by atoms with Crippen LogP contribution < -0.4 is 0 Å². The lowest BCUT2D eigenvalue weighted by Gasteiger charge is -2.10. The van der Waals surface area contributed by atoms with Gasteiger partial charge in [-0.15, -0.1) is 0 Å². The van der Waals surface area contributed by atoms with Gasteiger partial charge in [-0.3, -0.25) is 0 Å². The average molecular weight is 206 g/mol. The topological polar surface area (TPSA) is 26.3 Å². The van der Waals surface area contributed by atoms with Crippen molar-refractivity contribution in [2.45, 2.75) is 26.7 Å². The summed E-state index contributed by atoms with van der Waals surface area (Å²) in [5, 5.41) is 0. The second-order valence-corrected chi connectivity index (χ2v) is 5.09. The Hall–Kier alpha value is -1.05. The van der Waals surface area contributed by atoms with E-state index in [-0.39, 0.29) is 5.97 Å². The maximum atomic E-state index is 11.6. The third kappa shape index (κ3) is 1.73. The van der Waals surface area contributed by atoms with Crippen LogP contribution in [0.5, 0.6) is 0 Å². The van der Waals surface area contributed by atoms with E-state index >= 15 is 0 Å². The second-order valence-electron chi connectivity index (χ2n) is 5.09. The van der Waals surface area contributed by atoms with Gasteiger partial charge >= 0.3 is 5.97 Å². The molecule has 0 aromatic rings. The molecule has 2 nitrogen and oxygen atoms in total. The highest BCUT2D eigenvalue weighted by Gasteiger charge is 2.58. The van der Waals surface area contributed by atoms with Crippen LogP contribution in [0.1, 0.15) is 26.7 Å². The Labute approximate surface area is 91.0 Å². The Bertz CT molecular complexity index is 325. The number of ether oxygens (including phenoxy) is 1. The monoisotopic (exact) mass is 206 g/mol. The third-order valence-electron chi connectivity index (χ3n) is 3.94. The summed E-state index contributed by atoms with van der Waals surface area (Å²) in [4.78, 5) is 11.6. The van der Waals surface area contributed by atoms with E-state index in [1.165, 1.54) is 0 Å². The minimum absolute atomic E-state index is 0.156. The molecule has 0 aromatic carbocycles.